The Hall–Kier alpha value is -3.37. The first kappa shape index (κ1) is 23.8. The summed E-state index contributed by atoms with van der Waals surface area (Å²) in [6.07, 6.45) is 3.72. The second kappa shape index (κ2) is 10.3. The lowest BCUT2D eigenvalue weighted by Gasteiger charge is -2.32. The monoisotopic (exact) mass is 472 g/mol. The standard InChI is InChI=1S/C29H28N2O2.ClH/c1-20-7-8-21(2)27(17-20)29(32)31-15-13-26(14-16-31)33-25-11-9-22(10-12-25)24-18-23-5-3-4-6-28(23)30-19-24;/h3-12,17-19,26H,13-16H2,1-2H3;1H. The average Bonchev–Trinajstić information content (AvgIpc) is 2.86. The summed E-state index contributed by atoms with van der Waals surface area (Å²) < 4.78 is 6.24. The van der Waals surface area contributed by atoms with Crippen LogP contribution in [0, 0.1) is 13.8 Å². The van der Waals surface area contributed by atoms with E-state index in [0.717, 1.165) is 70.4 Å². The summed E-state index contributed by atoms with van der Waals surface area (Å²) in [5, 5.41) is 1.14. The fourth-order valence-corrected chi connectivity index (χ4v) is 4.46. The second-order valence-corrected chi connectivity index (χ2v) is 8.87. The van der Waals surface area contributed by atoms with Crippen LogP contribution in [0.1, 0.15) is 34.3 Å². The van der Waals surface area contributed by atoms with Crippen LogP contribution in [0.5, 0.6) is 5.75 Å². The van der Waals surface area contributed by atoms with Crippen molar-refractivity contribution in [1.82, 2.24) is 9.88 Å². The van der Waals surface area contributed by atoms with Crippen LogP contribution in [0.15, 0.2) is 79.0 Å². The van der Waals surface area contributed by atoms with Crippen molar-refractivity contribution in [3.05, 3.63) is 95.7 Å². The van der Waals surface area contributed by atoms with Gasteiger partial charge < -0.3 is 9.64 Å². The molecule has 0 saturated carbocycles. The maximum Gasteiger partial charge on any atom is 0.254 e. The van der Waals surface area contributed by atoms with Gasteiger partial charge in [0.15, 0.2) is 0 Å². The Morgan fingerprint density at radius 3 is 2.41 bits per heavy atom. The fraction of sp³-hybridized carbons (Fsp3) is 0.241. The molecule has 0 aliphatic carbocycles. The Labute approximate surface area is 207 Å². The molecule has 1 amide bonds. The number of benzene rings is 3. The predicted molar refractivity (Wildman–Crippen MR) is 140 cm³/mol. The normalized spacial score (nSPS) is 14.0. The third kappa shape index (κ3) is 5.07. The molecule has 4 nitrogen and oxygen atoms in total. The Bertz CT molecular complexity index is 1300. The Kier molecular flexibility index (Phi) is 7.18. The lowest BCUT2D eigenvalue weighted by Crippen LogP contribution is -2.42. The summed E-state index contributed by atoms with van der Waals surface area (Å²) in [6, 6.07) is 24.6. The van der Waals surface area contributed by atoms with Crippen molar-refractivity contribution in [2.75, 3.05) is 13.1 Å². The number of hydrogen-bond acceptors (Lipinski definition) is 3. The van der Waals surface area contributed by atoms with Crippen LogP contribution in [0.25, 0.3) is 22.0 Å². The molecule has 0 bridgehead atoms. The Morgan fingerprint density at radius 1 is 0.912 bits per heavy atom. The highest BCUT2D eigenvalue weighted by Gasteiger charge is 2.25. The highest BCUT2D eigenvalue weighted by atomic mass is 35.5. The lowest BCUT2D eigenvalue weighted by atomic mass is 10.0. The molecule has 3 aromatic carbocycles. The number of nitrogens with zero attached hydrogens (tertiary/aromatic N) is 2. The van der Waals surface area contributed by atoms with Gasteiger partial charge in [-0.3, -0.25) is 9.78 Å². The number of para-hydroxylation sites is 1. The van der Waals surface area contributed by atoms with E-state index in [1.54, 1.807) is 0 Å². The number of hydrogen-bond donors (Lipinski definition) is 0. The summed E-state index contributed by atoms with van der Waals surface area (Å²) in [5.41, 5.74) is 6.18. The minimum absolute atomic E-state index is 0. The summed E-state index contributed by atoms with van der Waals surface area (Å²) in [6.45, 7) is 5.47. The van der Waals surface area contributed by atoms with Crippen LogP contribution in [-0.4, -0.2) is 35.0 Å². The number of aryl methyl sites for hydroxylation is 2. The molecule has 0 atom stereocenters. The number of carbonyl (C=O) groups excluding carboxylic acids is 1. The van der Waals surface area contributed by atoms with Crippen molar-refractivity contribution in [2.24, 2.45) is 0 Å². The number of pyridine rings is 1. The third-order valence-corrected chi connectivity index (χ3v) is 6.43. The molecule has 1 fully saturated rings. The quantitative estimate of drug-likeness (QED) is 0.335. The molecule has 1 aromatic heterocycles. The van der Waals surface area contributed by atoms with E-state index in [1.165, 1.54) is 0 Å². The van der Waals surface area contributed by atoms with E-state index in [2.05, 4.69) is 29.2 Å². The van der Waals surface area contributed by atoms with Gasteiger partial charge >= 0.3 is 0 Å². The molecule has 1 saturated heterocycles. The molecule has 1 aliphatic rings. The average molecular weight is 473 g/mol. The zero-order chi connectivity index (χ0) is 22.8. The van der Waals surface area contributed by atoms with E-state index in [4.69, 9.17) is 4.74 Å². The number of carbonyl (C=O) groups is 1. The van der Waals surface area contributed by atoms with Gasteiger partial charge in [-0.05, 0) is 55.3 Å². The number of amides is 1. The molecule has 174 valence electrons. The molecule has 4 aromatic rings. The molecule has 2 heterocycles. The largest absolute Gasteiger partial charge is 0.490 e. The van der Waals surface area contributed by atoms with Gasteiger partial charge in [0.2, 0.25) is 0 Å². The van der Waals surface area contributed by atoms with Crippen LogP contribution in [0.4, 0.5) is 0 Å². The van der Waals surface area contributed by atoms with Crippen LogP contribution >= 0.6 is 12.4 Å². The molecule has 34 heavy (non-hydrogen) atoms. The maximum atomic E-state index is 13.0. The zero-order valence-electron chi connectivity index (χ0n) is 19.5. The zero-order valence-corrected chi connectivity index (χ0v) is 20.3. The summed E-state index contributed by atoms with van der Waals surface area (Å²) in [5.74, 6) is 0.995. The summed E-state index contributed by atoms with van der Waals surface area (Å²) in [4.78, 5) is 19.5. The van der Waals surface area contributed by atoms with Crippen LogP contribution < -0.4 is 4.74 Å². The summed E-state index contributed by atoms with van der Waals surface area (Å²) in [7, 11) is 0. The highest BCUT2D eigenvalue weighted by molar-refractivity contribution is 5.96. The van der Waals surface area contributed by atoms with Gasteiger partial charge in [-0.25, -0.2) is 0 Å². The van der Waals surface area contributed by atoms with Crippen molar-refractivity contribution in [2.45, 2.75) is 32.8 Å². The molecule has 0 unspecified atom stereocenters. The minimum Gasteiger partial charge on any atom is -0.490 e. The molecule has 0 radical (unpaired) electrons. The first-order valence-electron chi connectivity index (χ1n) is 11.6. The Balaban J connectivity index is 0.00000274. The van der Waals surface area contributed by atoms with Gasteiger partial charge in [-0.2, -0.15) is 0 Å². The number of piperidine rings is 1. The molecule has 0 spiro atoms. The molecule has 5 rings (SSSR count). The smallest absolute Gasteiger partial charge is 0.254 e. The van der Waals surface area contributed by atoms with E-state index >= 15 is 0 Å². The van der Waals surface area contributed by atoms with Crippen molar-refractivity contribution < 1.29 is 9.53 Å². The number of rotatable bonds is 4. The van der Waals surface area contributed by atoms with Gasteiger partial charge in [0.1, 0.15) is 11.9 Å². The van der Waals surface area contributed by atoms with Gasteiger partial charge in [-0.1, -0.05) is 48.0 Å². The van der Waals surface area contributed by atoms with Gasteiger partial charge in [0.25, 0.3) is 5.91 Å². The SMILES string of the molecule is Cc1ccc(C)c(C(=O)N2CCC(Oc3ccc(-c4cnc5ccccc5c4)cc3)CC2)c1.Cl. The molecular formula is C29H29ClN2O2. The van der Waals surface area contributed by atoms with E-state index < -0.39 is 0 Å². The van der Waals surface area contributed by atoms with E-state index in [1.807, 2.05) is 73.5 Å². The second-order valence-electron chi connectivity index (χ2n) is 8.87. The van der Waals surface area contributed by atoms with E-state index in [0.29, 0.717) is 0 Å². The number of aromatic nitrogens is 1. The number of ether oxygens (including phenoxy) is 1. The maximum absolute atomic E-state index is 13.0. The number of fused-ring (bicyclic) bond motifs is 1. The van der Waals surface area contributed by atoms with E-state index in [9.17, 15) is 4.79 Å². The molecular weight excluding hydrogens is 444 g/mol. The van der Waals surface area contributed by atoms with Crippen LogP contribution in [-0.2, 0) is 0 Å². The van der Waals surface area contributed by atoms with Gasteiger partial charge in [0.05, 0.1) is 5.52 Å². The van der Waals surface area contributed by atoms with Crippen molar-refractivity contribution >= 4 is 29.2 Å². The van der Waals surface area contributed by atoms with Crippen molar-refractivity contribution in [3.63, 3.8) is 0 Å². The first-order chi connectivity index (χ1) is 16.1. The third-order valence-electron chi connectivity index (χ3n) is 6.43. The fourth-order valence-electron chi connectivity index (χ4n) is 4.46. The van der Waals surface area contributed by atoms with Crippen LogP contribution in [0.2, 0.25) is 0 Å². The highest BCUT2D eigenvalue weighted by Crippen LogP contribution is 2.27. The Morgan fingerprint density at radius 2 is 1.65 bits per heavy atom. The number of halogens is 1. The van der Waals surface area contributed by atoms with Gasteiger partial charge in [-0.15, -0.1) is 12.4 Å². The molecule has 1 aliphatic heterocycles. The molecule has 5 heteroatoms. The van der Waals surface area contributed by atoms with Crippen molar-refractivity contribution in [3.8, 4) is 16.9 Å². The summed E-state index contributed by atoms with van der Waals surface area (Å²) >= 11 is 0. The van der Waals surface area contributed by atoms with Crippen LogP contribution in [0.3, 0.4) is 0 Å². The van der Waals surface area contributed by atoms with Gasteiger partial charge in [0, 0.05) is 48.6 Å². The first-order valence-corrected chi connectivity index (χ1v) is 11.6. The predicted octanol–water partition coefficient (Wildman–Crippen LogP) is 6.62. The van der Waals surface area contributed by atoms with Crippen molar-refractivity contribution in [1.29, 1.82) is 0 Å². The lowest BCUT2D eigenvalue weighted by molar-refractivity contribution is 0.0595. The topological polar surface area (TPSA) is 42.4 Å². The number of likely N-dealkylation sites (tertiary alicyclic amines) is 1. The van der Waals surface area contributed by atoms with E-state index in [-0.39, 0.29) is 24.4 Å². The minimum atomic E-state index is 0. The molecule has 0 N–H and O–H groups in total.